The van der Waals surface area contributed by atoms with Gasteiger partial charge in [-0.1, -0.05) is 11.6 Å². The Hall–Kier alpha value is -1.46. The van der Waals surface area contributed by atoms with Crippen molar-refractivity contribution in [1.29, 1.82) is 0 Å². The molecule has 2 aromatic rings. The number of carboxylic acid groups (broad SMARTS) is 1. The standard InChI is InChI=1S/C11H7ClFNO2S/c1-5-9(11(15)16)17-10(14-5)6-2-7(12)4-8(13)3-6/h2-4H,1H3,(H,15,16). The molecule has 0 bridgehead atoms. The van der Waals surface area contributed by atoms with Crippen LogP contribution in [0.2, 0.25) is 5.02 Å². The summed E-state index contributed by atoms with van der Waals surface area (Å²) in [6.07, 6.45) is 0. The van der Waals surface area contributed by atoms with Crippen molar-refractivity contribution in [3.8, 4) is 10.6 Å². The van der Waals surface area contributed by atoms with Crippen LogP contribution >= 0.6 is 22.9 Å². The quantitative estimate of drug-likeness (QED) is 0.908. The van der Waals surface area contributed by atoms with Crippen molar-refractivity contribution in [2.75, 3.05) is 0 Å². The van der Waals surface area contributed by atoms with Gasteiger partial charge in [-0.05, 0) is 25.1 Å². The molecule has 0 fully saturated rings. The second kappa shape index (κ2) is 4.43. The highest BCUT2D eigenvalue weighted by atomic mass is 35.5. The lowest BCUT2D eigenvalue weighted by Gasteiger charge is -1.97. The van der Waals surface area contributed by atoms with E-state index in [1.807, 2.05) is 0 Å². The summed E-state index contributed by atoms with van der Waals surface area (Å²) in [5, 5.41) is 9.61. The average molecular weight is 272 g/mol. The Morgan fingerprint density at radius 3 is 2.71 bits per heavy atom. The van der Waals surface area contributed by atoms with Crippen molar-refractivity contribution in [3.63, 3.8) is 0 Å². The van der Waals surface area contributed by atoms with Gasteiger partial charge in [0.15, 0.2) is 0 Å². The molecular formula is C11H7ClFNO2S. The van der Waals surface area contributed by atoms with Gasteiger partial charge in [-0.3, -0.25) is 0 Å². The lowest BCUT2D eigenvalue weighted by molar-refractivity contribution is 0.0701. The van der Waals surface area contributed by atoms with Crippen molar-refractivity contribution >= 4 is 28.9 Å². The molecule has 0 saturated carbocycles. The van der Waals surface area contributed by atoms with Gasteiger partial charge in [0, 0.05) is 10.6 Å². The number of hydrogen-bond donors (Lipinski definition) is 1. The maximum atomic E-state index is 13.2. The molecule has 0 spiro atoms. The highest BCUT2D eigenvalue weighted by molar-refractivity contribution is 7.17. The minimum Gasteiger partial charge on any atom is -0.477 e. The van der Waals surface area contributed by atoms with E-state index >= 15 is 0 Å². The molecule has 17 heavy (non-hydrogen) atoms. The molecule has 1 heterocycles. The minimum atomic E-state index is -1.03. The van der Waals surface area contributed by atoms with E-state index in [4.69, 9.17) is 16.7 Å². The highest BCUT2D eigenvalue weighted by Crippen LogP contribution is 2.30. The third kappa shape index (κ3) is 2.45. The number of thiazole rings is 1. The van der Waals surface area contributed by atoms with Gasteiger partial charge >= 0.3 is 5.97 Å². The van der Waals surface area contributed by atoms with E-state index in [0.29, 0.717) is 16.3 Å². The Labute approximate surface area is 106 Å². The van der Waals surface area contributed by atoms with Crippen LogP contribution in [0.1, 0.15) is 15.4 Å². The van der Waals surface area contributed by atoms with Gasteiger partial charge < -0.3 is 5.11 Å². The largest absolute Gasteiger partial charge is 0.477 e. The molecule has 0 atom stereocenters. The fourth-order valence-electron chi connectivity index (χ4n) is 1.40. The third-order valence-electron chi connectivity index (χ3n) is 2.10. The van der Waals surface area contributed by atoms with E-state index in [-0.39, 0.29) is 9.90 Å². The molecule has 0 amide bonds. The SMILES string of the molecule is Cc1nc(-c2cc(F)cc(Cl)c2)sc1C(=O)O. The summed E-state index contributed by atoms with van der Waals surface area (Å²) < 4.78 is 13.2. The number of carbonyl (C=O) groups is 1. The first-order chi connectivity index (χ1) is 7.97. The average Bonchev–Trinajstić information content (AvgIpc) is 2.59. The van der Waals surface area contributed by atoms with Crippen LogP contribution in [-0.2, 0) is 0 Å². The van der Waals surface area contributed by atoms with E-state index in [1.54, 1.807) is 13.0 Å². The first-order valence-electron chi connectivity index (χ1n) is 4.64. The molecule has 0 radical (unpaired) electrons. The van der Waals surface area contributed by atoms with Crippen LogP contribution in [0.15, 0.2) is 18.2 Å². The number of halogens is 2. The van der Waals surface area contributed by atoms with Crippen LogP contribution < -0.4 is 0 Å². The number of nitrogens with zero attached hydrogens (tertiary/aromatic N) is 1. The summed E-state index contributed by atoms with van der Waals surface area (Å²) >= 11 is 6.73. The fourth-order valence-corrected chi connectivity index (χ4v) is 2.51. The molecule has 1 N–H and O–H groups in total. The van der Waals surface area contributed by atoms with Crippen molar-refractivity contribution in [3.05, 3.63) is 39.6 Å². The molecule has 88 valence electrons. The van der Waals surface area contributed by atoms with Gasteiger partial charge in [-0.15, -0.1) is 11.3 Å². The molecule has 0 aliphatic carbocycles. The maximum Gasteiger partial charge on any atom is 0.347 e. The van der Waals surface area contributed by atoms with Crippen LogP contribution in [0, 0.1) is 12.7 Å². The Bertz CT molecular complexity index is 577. The molecule has 0 aliphatic rings. The third-order valence-corrected chi connectivity index (χ3v) is 3.51. The molecule has 0 unspecified atom stereocenters. The Morgan fingerprint density at radius 2 is 2.18 bits per heavy atom. The van der Waals surface area contributed by atoms with Crippen molar-refractivity contribution in [2.45, 2.75) is 6.92 Å². The van der Waals surface area contributed by atoms with E-state index < -0.39 is 11.8 Å². The molecule has 0 aliphatic heterocycles. The minimum absolute atomic E-state index is 0.153. The Balaban J connectivity index is 2.53. The number of aryl methyl sites for hydroxylation is 1. The van der Waals surface area contributed by atoms with Crippen molar-refractivity contribution in [2.24, 2.45) is 0 Å². The summed E-state index contributed by atoms with van der Waals surface area (Å²) in [6.45, 7) is 1.60. The molecular weight excluding hydrogens is 265 g/mol. The van der Waals surface area contributed by atoms with E-state index in [1.165, 1.54) is 12.1 Å². The van der Waals surface area contributed by atoms with Gasteiger partial charge in [-0.25, -0.2) is 14.2 Å². The van der Waals surface area contributed by atoms with E-state index in [0.717, 1.165) is 11.3 Å². The number of aromatic nitrogens is 1. The summed E-state index contributed by atoms with van der Waals surface area (Å²) in [5.41, 5.74) is 0.897. The Morgan fingerprint density at radius 1 is 1.47 bits per heavy atom. The zero-order valence-electron chi connectivity index (χ0n) is 8.70. The smallest absolute Gasteiger partial charge is 0.347 e. The van der Waals surface area contributed by atoms with Crippen LogP contribution in [0.25, 0.3) is 10.6 Å². The number of rotatable bonds is 2. The zero-order valence-corrected chi connectivity index (χ0v) is 10.3. The number of carboxylic acids is 1. The molecule has 6 heteroatoms. The first-order valence-corrected chi connectivity index (χ1v) is 5.84. The molecule has 1 aromatic carbocycles. The molecule has 1 aromatic heterocycles. The van der Waals surface area contributed by atoms with Crippen molar-refractivity contribution in [1.82, 2.24) is 4.98 Å². The summed E-state index contributed by atoms with van der Waals surface area (Å²) in [6, 6.07) is 4.01. The second-order valence-corrected chi connectivity index (χ2v) is 4.83. The number of hydrogen-bond acceptors (Lipinski definition) is 3. The van der Waals surface area contributed by atoms with Gasteiger partial charge in [-0.2, -0.15) is 0 Å². The fraction of sp³-hybridized carbons (Fsp3) is 0.0909. The monoisotopic (exact) mass is 271 g/mol. The van der Waals surface area contributed by atoms with E-state index in [2.05, 4.69) is 4.98 Å². The van der Waals surface area contributed by atoms with E-state index in [9.17, 15) is 9.18 Å². The summed E-state index contributed by atoms with van der Waals surface area (Å²) in [5.74, 6) is -1.51. The summed E-state index contributed by atoms with van der Waals surface area (Å²) in [7, 11) is 0. The highest BCUT2D eigenvalue weighted by Gasteiger charge is 2.15. The Kier molecular flexibility index (Phi) is 3.13. The number of benzene rings is 1. The molecule has 3 nitrogen and oxygen atoms in total. The molecule has 2 rings (SSSR count). The topological polar surface area (TPSA) is 50.2 Å². The molecule has 0 saturated heterocycles. The summed E-state index contributed by atoms with van der Waals surface area (Å²) in [4.78, 5) is 15.1. The maximum absolute atomic E-state index is 13.2. The van der Waals surface area contributed by atoms with Crippen LogP contribution in [0.5, 0.6) is 0 Å². The predicted molar refractivity (Wildman–Crippen MR) is 64.2 cm³/mol. The van der Waals surface area contributed by atoms with Gasteiger partial charge in [0.1, 0.15) is 15.7 Å². The van der Waals surface area contributed by atoms with Crippen LogP contribution in [0.3, 0.4) is 0 Å². The number of aromatic carboxylic acids is 1. The second-order valence-electron chi connectivity index (χ2n) is 3.40. The normalized spacial score (nSPS) is 10.5. The lowest BCUT2D eigenvalue weighted by atomic mass is 10.2. The van der Waals surface area contributed by atoms with Crippen molar-refractivity contribution < 1.29 is 14.3 Å². The van der Waals surface area contributed by atoms with Gasteiger partial charge in [0.25, 0.3) is 0 Å². The first kappa shape index (κ1) is 12.0. The van der Waals surface area contributed by atoms with Gasteiger partial charge in [0.2, 0.25) is 0 Å². The zero-order chi connectivity index (χ0) is 12.6. The van der Waals surface area contributed by atoms with Crippen LogP contribution in [0.4, 0.5) is 4.39 Å². The lowest BCUT2D eigenvalue weighted by Crippen LogP contribution is -1.94. The van der Waals surface area contributed by atoms with Crippen LogP contribution in [-0.4, -0.2) is 16.1 Å². The van der Waals surface area contributed by atoms with Gasteiger partial charge in [0.05, 0.1) is 5.69 Å². The predicted octanol–water partition coefficient (Wildman–Crippen LogP) is 3.61.